The molecule has 5 aliphatic rings. The summed E-state index contributed by atoms with van der Waals surface area (Å²) >= 11 is 0. The molecule has 6 N–H and O–H groups in total. The number of aryl methyl sites for hydroxylation is 16. The number of H-pyrrole nitrogens is 6. The van der Waals surface area contributed by atoms with Gasteiger partial charge in [0.2, 0.25) is 11.8 Å². The van der Waals surface area contributed by atoms with Gasteiger partial charge >= 0.3 is 0 Å². The second kappa shape index (κ2) is 35.7. The molecule has 0 amide bonds. The number of pyridine rings is 4. The molecule has 26 rings (SSSR count). The standard InChI is InChI=1S/C25H22N4O.C23H24N4O2.C22H22N4O2.C21H20N4O2.C21H22N4O/c1-13-6-9-20-18(5-4-10-26-20)22(13)19-11-17(23-14(2)29-30-15(23)3)12-21-24(19)28-25(27-21)16-7-8-16;1-5-28-23-19(12(2)8-9-24-23)17-10-16(20-13(3)27-29-14(20)4)11-18-21(17)26-22(25-18)15-6-7-15;1-11-7-8-23-22(27-4)18(11)16-9-15(19-12(2)26-28-13(19)3)10-17-20(16)25-21(24-17)14-5-6-14;1-10-6-7-22-21(26)17(10)15-8-14(18-11(2)25-27-12(18)3)9-16-19(15)24-20(23-16)13-4-5-13;1-11-7-8-25(4)20(11)16-9-15(18-12(2)24-26-13(18)3)10-17-19(16)23-21(22-17)14-5-6-14/h4-6,9-12,16H,7-8H2,1-3H3,(H,27,28);8-11,15H,5-7H2,1-4H3,(H,25,26);7-10,14H,5-6H2,1-4H3,(H,24,25);6-9,13H,4-5H2,1-3H3,(H,22,26)(H,23,24);7-10,14H,5-6H2,1-4H3,(H,22,23). The number of imidazole rings is 5. The van der Waals surface area contributed by atoms with Gasteiger partial charge in [0.05, 0.1) is 114 Å². The summed E-state index contributed by atoms with van der Waals surface area (Å²) in [6.45, 7) is 32.5. The summed E-state index contributed by atoms with van der Waals surface area (Å²) in [7, 11) is 3.74. The molecule has 28 heteroatoms. The van der Waals surface area contributed by atoms with E-state index in [0.717, 1.165) is 277 Å². The molecule has 5 aliphatic carbocycles. The number of methoxy groups -OCH3 is 1. The van der Waals surface area contributed by atoms with Gasteiger partial charge in [-0.05, 0) is 333 Å². The molecule has 15 aromatic heterocycles. The fourth-order valence-electron chi connectivity index (χ4n) is 20.3. The lowest BCUT2D eigenvalue weighted by atomic mass is 9.92. The molecule has 21 aromatic rings. The number of nitrogens with zero attached hydrogens (tertiary/aromatic N) is 14. The van der Waals surface area contributed by atoms with Crippen LogP contribution in [-0.2, 0) is 7.05 Å². The highest BCUT2D eigenvalue weighted by molar-refractivity contribution is 6.07. The number of nitrogens with one attached hydrogen (secondary N) is 6. The van der Waals surface area contributed by atoms with Gasteiger partial charge < -0.3 is 66.6 Å². The first-order valence-corrected chi connectivity index (χ1v) is 48.4. The van der Waals surface area contributed by atoms with E-state index >= 15 is 0 Å². The number of rotatable bonds is 18. The molecule has 5 saturated carbocycles. The molecule has 0 saturated heterocycles. The van der Waals surface area contributed by atoms with Crippen molar-refractivity contribution in [2.24, 2.45) is 7.05 Å². The Labute approximate surface area is 806 Å². The molecule has 0 radical (unpaired) electrons. The minimum Gasteiger partial charge on any atom is -0.481 e. The topological polar surface area (TPSA) is 368 Å². The molecule has 5 fully saturated rings. The Morgan fingerprint density at radius 1 is 0.350 bits per heavy atom. The molecule has 15 heterocycles. The highest BCUT2D eigenvalue weighted by Crippen LogP contribution is 2.51. The van der Waals surface area contributed by atoms with Crippen LogP contribution in [0.2, 0.25) is 0 Å². The fraction of sp³-hybridized carbons (Fsp3) is 0.304. The third-order valence-corrected chi connectivity index (χ3v) is 27.9. The zero-order valence-electron chi connectivity index (χ0n) is 82.0. The highest BCUT2D eigenvalue weighted by Gasteiger charge is 2.36. The predicted molar refractivity (Wildman–Crippen MR) is 544 cm³/mol. The van der Waals surface area contributed by atoms with E-state index in [-0.39, 0.29) is 5.56 Å². The predicted octanol–water partition coefficient (Wildman–Crippen LogP) is 26.2. The molecular formula is C112H110N20O8. The average Bonchev–Trinajstić information content (AvgIpc) is 1.64. The molecule has 0 bridgehead atoms. The molecular weight excluding hydrogens is 1750 g/mol. The van der Waals surface area contributed by atoms with Crippen LogP contribution >= 0.6 is 0 Å². The van der Waals surface area contributed by atoms with E-state index < -0.39 is 0 Å². The van der Waals surface area contributed by atoms with Gasteiger partial charge in [0.25, 0.3) is 5.56 Å². The summed E-state index contributed by atoms with van der Waals surface area (Å²) in [6, 6.07) is 38.0. The normalized spacial score (nSPS) is 14.1. The monoisotopic (exact) mass is 1860 g/mol. The lowest BCUT2D eigenvalue weighted by Crippen LogP contribution is -2.10. The molecule has 0 atom stereocenters. The Bertz CT molecular complexity index is 8400. The van der Waals surface area contributed by atoms with Crippen LogP contribution in [-0.4, -0.2) is 114 Å². The molecule has 706 valence electrons. The second-order valence-corrected chi connectivity index (χ2v) is 38.5. The summed E-state index contributed by atoms with van der Waals surface area (Å²) < 4.78 is 40.7. The molecule has 140 heavy (non-hydrogen) atoms. The van der Waals surface area contributed by atoms with Gasteiger partial charge in [-0.25, -0.2) is 34.9 Å². The van der Waals surface area contributed by atoms with Gasteiger partial charge in [0, 0.05) is 140 Å². The van der Waals surface area contributed by atoms with Crippen molar-refractivity contribution in [3.05, 3.63) is 265 Å². The Morgan fingerprint density at radius 2 is 0.679 bits per heavy atom. The molecule has 6 aromatic carbocycles. The number of aromatic amines is 6. The summed E-state index contributed by atoms with van der Waals surface area (Å²) in [5.41, 5.74) is 41.4. The van der Waals surface area contributed by atoms with Crippen molar-refractivity contribution >= 4 is 66.1 Å². The van der Waals surface area contributed by atoms with Gasteiger partial charge in [-0.1, -0.05) is 37.9 Å². The van der Waals surface area contributed by atoms with Crippen LogP contribution in [0.5, 0.6) is 11.8 Å². The smallest absolute Gasteiger partial charge is 0.256 e. The highest BCUT2D eigenvalue weighted by atomic mass is 16.5. The third-order valence-electron chi connectivity index (χ3n) is 27.9. The van der Waals surface area contributed by atoms with Gasteiger partial charge in [-0.15, -0.1) is 0 Å². The third kappa shape index (κ3) is 16.7. The second-order valence-electron chi connectivity index (χ2n) is 38.5. The minimum absolute atomic E-state index is 0.108. The Hall–Kier alpha value is -15.7. The number of aromatic nitrogens is 20. The zero-order valence-corrected chi connectivity index (χ0v) is 82.0. The van der Waals surface area contributed by atoms with Crippen molar-refractivity contribution in [2.75, 3.05) is 13.7 Å². The van der Waals surface area contributed by atoms with Crippen molar-refractivity contribution in [1.82, 2.24) is 100 Å². The van der Waals surface area contributed by atoms with Gasteiger partial charge in [0.15, 0.2) is 0 Å². The summed E-state index contributed by atoms with van der Waals surface area (Å²) in [5.74, 6) is 13.4. The van der Waals surface area contributed by atoms with Crippen LogP contribution < -0.4 is 15.0 Å². The number of ether oxygens (including phenoxy) is 2. The van der Waals surface area contributed by atoms with Crippen LogP contribution in [0.25, 0.3) is 177 Å². The SMILES string of the molecule is CCOc1nccc(C)c1-c1cc(-c2c(C)noc2C)cc2[nH]c(C3CC3)nc12.COc1nccc(C)c1-c1cc(-c2c(C)noc2C)cc2[nH]c(C3CC3)nc12.Cc1cc[nH]c(=O)c1-c1cc(-c2c(C)noc2C)cc2[nH]c(C3CC3)nc12.Cc1ccc2ncccc2c1-c1cc(-c2c(C)noc2C)cc2[nH]c(C3CC3)nc12.Cc1ccn(C)c1-c1cc(-c2c(C)noc2C)cc2[nH]c(C3CC3)nc12. The van der Waals surface area contributed by atoms with E-state index in [9.17, 15) is 4.79 Å². The average molecular weight is 1860 g/mol. The van der Waals surface area contributed by atoms with Crippen LogP contribution in [0, 0.1) is 104 Å². The molecule has 0 spiro atoms. The van der Waals surface area contributed by atoms with Crippen LogP contribution in [0.3, 0.4) is 0 Å². The van der Waals surface area contributed by atoms with Crippen LogP contribution in [0.15, 0.2) is 168 Å². The molecule has 0 aliphatic heterocycles. The number of hydrogen-bond acceptors (Lipinski definition) is 21. The molecule has 0 unspecified atom stereocenters. The van der Waals surface area contributed by atoms with Crippen molar-refractivity contribution in [3.63, 3.8) is 0 Å². The van der Waals surface area contributed by atoms with Crippen molar-refractivity contribution in [3.8, 4) is 123 Å². The Balaban J connectivity index is 0.000000101. The van der Waals surface area contributed by atoms with E-state index in [1.807, 2.05) is 120 Å². The lowest BCUT2D eigenvalue weighted by Gasteiger charge is -2.14. The maximum absolute atomic E-state index is 12.6. The first-order chi connectivity index (χ1) is 67.8. The van der Waals surface area contributed by atoms with E-state index in [4.69, 9.17) is 57.0 Å². The largest absolute Gasteiger partial charge is 0.481 e. The first kappa shape index (κ1) is 89.5. The summed E-state index contributed by atoms with van der Waals surface area (Å²) in [6.07, 6.45) is 21.2. The quantitative estimate of drug-likeness (QED) is 0.0465. The van der Waals surface area contributed by atoms with E-state index in [1.54, 1.807) is 25.7 Å². The van der Waals surface area contributed by atoms with E-state index in [0.29, 0.717) is 53.5 Å². The van der Waals surface area contributed by atoms with E-state index in [1.165, 1.54) is 73.8 Å². The first-order valence-electron chi connectivity index (χ1n) is 48.4. The van der Waals surface area contributed by atoms with Crippen molar-refractivity contribution in [1.29, 1.82) is 0 Å². The van der Waals surface area contributed by atoms with Crippen molar-refractivity contribution < 1.29 is 32.1 Å². The summed E-state index contributed by atoms with van der Waals surface area (Å²) in [4.78, 5) is 71.5. The maximum Gasteiger partial charge on any atom is 0.256 e. The lowest BCUT2D eigenvalue weighted by molar-refractivity contribution is 0.328. The summed E-state index contributed by atoms with van der Waals surface area (Å²) in [5, 5.41) is 21.8. The number of fused-ring (bicyclic) bond motifs is 6. The Kier molecular flexibility index (Phi) is 22.8. The number of benzene rings is 6. The number of hydrogen-bond donors (Lipinski definition) is 6. The fourth-order valence-corrected chi connectivity index (χ4v) is 20.3. The maximum atomic E-state index is 12.6. The van der Waals surface area contributed by atoms with Gasteiger partial charge in [-0.3, -0.25) is 9.78 Å². The zero-order chi connectivity index (χ0) is 96.6. The minimum atomic E-state index is -0.108. The Morgan fingerprint density at radius 3 is 1.01 bits per heavy atom. The van der Waals surface area contributed by atoms with E-state index in [2.05, 4.69) is 195 Å². The van der Waals surface area contributed by atoms with Gasteiger partial charge in [-0.2, -0.15) is 0 Å². The van der Waals surface area contributed by atoms with Crippen LogP contribution in [0.4, 0.5) is 0 Å². The van der Waals surface area contributed by atoms with Crippen molar-refractivity contribution in [2.45, 2.75) is 205 Å². The van der Waals surface area contributed by atoms with Gasteiger partial charge in [0.1, 0.15) is 57.9 Å². The molecule has 28 nitrogen and oxygen atoms in total. The van der Waals surface area contributed by atoms with Crippen LogP contribution in [0.1, 0.15) is 215 Å².